The Balaban J connectivity index is 1.75. The minimum absolute atomic E-state index is 0.00525. The summed E-state index contributed by atoms with van der Waals surface area (Å²) in [5.41, 5.74) is 1.99. The van der Waals surface area contributed by atoms with Gasteiger partial charge in [0.15, 0.2) is 14.7 Å². The first kappa shape index (κ1) is 40.1. The van der Waals surface area contributed by atoms with E-state index in [1.54, 1.807) is 71.9 Å². The molecule has 11 nitrogen and oxygen atoms in total. The van der Waals surface area contributed by atoms with Gasteiger partial charge in [0.1, 0.15) is 11.4 Å². The topological polar surface area (TPSA) is 150 Å². The van der Waals surface area contributed by atoms with Gasteiger partial charge < -0.3 is 9.47 Å². The fourth-order valence-electron chi connectivity index (χ4n) is 5.76. The van der Waals surface area contributed by atoms with Crippen molar-refractivity contribution in [3.8, 4) is 11.1 Å². The maximum Gasteiger partial charge on any atom is 0.306 e. The van der Waals surface area contributed by atoms with Crippen LogP contribution < -0.4 is 4.31 Å². The molecule has 0 fully saturated rings. The lowest BCUT2D eigenvalue weighted by Gasteiger charge is -2.25. The number of esters is 1. The molecule has 0 aliphatic rings. The van der Waals surface area contributed by atoms with Gasteiger partial charge in [-0.1, -0.05) is 36.4 Å². The van der Waals surface area contributed by atoms with Gasteiger partial charge in [0, 0.05) is 19.1 Å². The molecule has 0 N–H and O–H groups in total. The molecule has 4 rings (SSSR count). The molecule has 52 heavy (non-hydrogen) atoms. The summed E-state index contributed by atoms with van der Waals surface area (Å²) in [5, 5.41) is 11.9. The highest BCUT2D eigenvalue weighted by Crippen LogP contribution is 2.35. The smallest absolute Gasteiger partial charge is 0.306 e. The first-order valence-corrected chi connectivity index (χ1v) is 19.7. The summed E-state index contributed by atoms with van der Waals surface area (Å²) in [4.78, 5) is 23.0. The quantitative estimate of drug-likeness (QED) is 0.0520. The molecular weight excluding hydrogens is 712 g/mol. The van der Waals surface area contributed by atoms with Crippen LogP contribution in [0, 0.1) is 29.8 Å². The van der Waals surface area contributed by atoms with Gasteiger partial charge in [-0.15, -0.1) is 0 Å². The minimum Gasteiger partial charge on any atom is -0.460 e. The van der Waals surface area contributed by atoms with Crippen molar-refractivity contribution >= 4 is 37.2 Å². The van der Waals surface area contributed by atoms with E-state index in [2.05, 4.69) is 0 Å². The van der Waals surface area contributed by atoms with E-state index in [1.807, 2.05) is 6.07 Å². The monoisotopic (exact) mass is 754 g/mol. The highest BCUT2D eigenvalue weighted by atomic mass is 32.2. The predicted molar refractivity (Wildman–Crippen MR) is 197 cm³/mol. The van der Waals surface area contributed by atoms with Gasteiger partial charge in [-0.2, -0.15) is 0 Å². The highest BCUT2D eigenvalue weighted by molar-refractivity contribution is 7.93. The Labute approximate surface area is 304 Å². The Morgan fingerprint density at radius 2 is 1.60 bits per heavy atom. The number of nitro benzene ring substituents is 1. The van der Waals surface area contributed by atoms with Crippen LogP contribution in [0.3, 0.4) is 0 Å². The van der Waals surface area contributed by atoms with Crippen LogP contribution in [0.2, 0.25) is 0 Å². The summed E-state index contributed by atoms with van der Waals surface area (Å²) in [6, 6.07) is 18.8. The third kappa shape index (κ3) is 9.81. The maximum atomic E-state index is 15.6. The lowest BCUT2D eigenvalue weighted by Crippen LogP contribution is -2.31. The molecule has 4 aromatic carbocycles. The van der Waals surface area contributed by atoms with Crippen molar-refractivity contribution in [3.63, 3.8) is 0 Å². The number of hydrogen-bond acceptors (Lipinski definition) is 9. The van der Waals surface area contributed by atoms with Crippen LogP contribution in [0.4, 0.5) is 15.8 Å². The lowest BCUT2D eigenvalue weighted by atomic mass is 9.94. The number of carbonyl (C=O) groups is 1. The van der Waals surface area contributed by atoms with Crippen molar-refractivity contribution in [2.45, 2.75) is 76.3 Å². The molecule has 0 unspecified atom stereocenters. The van der Waals surface area contributed by atoms with Gasteiger partial charge in [-0.3, -0.25) is 19.2 Å². The van der Waals surface area contributed by atoms with E-state index in [-0.39, 0.29) is 47.9 Å². The SMILES string of the molecule is CCOCCS(=O)(=O)c1cc(C)c(-c2cccc(CN(c3ccc(CCC(=O)OC(C)(C)C)c(F)c3)S(=O)(=O)c3ccccc3[N+](=O)[O-])c2)c(C)c1. The molecule has 0 bridgehead atoms. The Kier molecular flexibility index (Phi) is 12.6. The van der Waals surface area contributed by atoms with Crippen LogP contribution in [0.1, 0.15) is 56.4 Å². The number of ether oxygens (including phenoxy) is 2. The number of carbonyl (C=O) groups excluding carboxylic acids is 1. The molecule has 0 amide bonds. The molecule has 0 radical (unpaired) electrons. The van der Waals surface area contributed by atoms with E-state index in [9.17, 15) is 31.7 Å². The average molecular weight is 755 g/mol. The molecule has 0 aliphatic carbocycles. The maximum absolute atomic E-state index is 15.6. The van der Waals surface area contributed by atoms with E-state index < -0.39 is 52.8 Å². The molecule has 0 aromatic heterocycles. The second-order valence-corrected chi connectivity index (χ2v) is 17.2. The fraction of sp³-hybridized carbons (Fsp3) is 0.342. The van der Waals surface area contributed by atoms with Crippen molar-refractivity contribution < 1.29 is 40.4 Å². The van der Waals surface area contributed by atoms with Gasteiger partial charge in [-0.05, 0) is 118 Å². The standard InChI is InChI=1S/C38H43FN2O9S2/c1-7-49-19-20-51(45,46)32-21-26(2)37(27(3)22-32)30-12-10-11-28(23-30)25-40(52(47,48)35-14-9-8-13-34(35)41(43)44)31-17-15-29(33(39)24-31)16-18-36(42)50-38(4,5)6/h8-15,17,21-24H,7,16,18-20,25H2,1-6H3. The molecule has 0 atom stereocenters. The molecule has 0 aliphatic heterocycles. The molecule has 278 valence electrons. The average Bonchev–Trinajstić information content (AvgIpc) is 3.05. The number of halogens is 1. The number of benzene rings is 4. The number of sulfone groups is 1. The van der Waals surface area contributed by atoms with Gasteiger partial charge in [0.25, 0.3) is 15.7 Å². The number of hydrogen-bond donors (Lipinski definition) is 0. The predicted octanol–water partition coefficient (Wildman–Crippen LogP) is 7.50. The summed E-state index contributed by atoms with van der Waals surface area (Å²) in [6.07, 6.45) is -0.0944. The van der Waals surface area contributed by atoms with Gasteiger partial charge in [-0.25, -0.2) is 21.2 Å². The van der Waals surface area contributed by atoms with E-state index >= 15 is 4.39 Å². The summed E-state index contributed by atoms with van der Waals surface area (Å²) >= 11 is 0. The van der Waals surface area contributed by atoms with E-state index in [0.717, 1.165) is 28.1 Å². The Hall–Kier alpha value is -4.66. The van der Waals surface area contributed by atoms with E-state index in [1.165, 1.54) is 24.3 Å². The molecule has 0 spiro atoms. The zero-order chi connectivity index (χ0) is 38.4. The zero-order valence-corrected chi connectivity index (χ0v) is 31.6. The number of sulfonamides is 1. The highest BCUT2D eigenvalue weighted by Gasteiger charge is 2.32. The second-order valence-electron chi connectivity index (χ2n) is 13.2. The summed E-state index contributed by atoms with van der Waals surface area (Å²) < 4.78 is 81.5. The van der Waals surface area contributed by atoms with Gasteiger partial charge in [0.05, 0.1) is 34.4 Å². The second kappa shape index (κ2) is 16.3. The van der Waals surface area contributed by atoms with E-state index in [0.29, 0.717) is 28.9 Å². The lowest BCUT2D eigenvalue weighted by molar-refractivity contribution is -0.387. The Morgan fingerprint density at radius 3 is 2.21 bits per heavy atom. The summed E-state index contributed by atoms with van der Waals surface area (Å²) in [6.45, 7) is 10.7. The number of anilines is 1. The summed E-state index contributed by atoms with van der Waals surface area (Å²) in [5.74, 6) is -1.44. The van der Waals surface area contributed by atoms with Crippen molar-refractivity contribution in [2.75, 3.05) is 23.3 Å². The van der Waals surface area contributed by atoms with Gasteiger partial charge in [0.2, 0.25) is 0 Å². The van der Waals surface area contributed by atoms with Crippen molar-refractivity contribution in [1.29, 1.82) is 0 Å². The minimum atomic E-state index is -4.66. The number of rotatable bonds is 15. The number of aryl methyl sites for hydroxylation is 3. The van der Waals surface area contributed by atoms with E-state index in [4.69, 9.17) is 9.47 Å². The number of nitro groups is 1. The molecule has 14 heteroatoms. The molecule has 4 aromatic rings. The zero-order valence-electron chi connectivity index (χ0n) is 30.0. The normalized spacial score (nSPS) is 12.1. The Morgan fingerprint density at radius 1 is 0.923 bits per heavy atom. The van der Waals surface area contributed by atoms with Crippen LogP contribution in [0.25, 0.3) is 11.1 Å². The molecule has 0 saturated carbocycles. The van der Waals surface area contributed by atoms with Crippen molar-refractivity contribution in [3.05, 3.63) is 117 Å². The van der Waals surface area contributed by atoms with Crippen LogP contribution in [0.5, 0.6) is 0 Å². The molecule has 0 saturated heterocycles. The largest absolute Gasteiger partial charge is 0.460 e. The fourth-order valence-corrected chi connectivity index (χ4v) is 8.65. The number of nitrogens with zero attached hydrogens (tertiary/aromatic N) is 2. The van der Waals surface area contributed by atoms with Gasteiger partial charge >= 0.3 is 5.97 Å². The third-order valence-corrected chi connectivity index (χ3v) is 11.6. The van der Waals surface area contributed by atoms with Crippen LogP contribution in [-0.4, -0.2) is 52.3 Å². The third-order valence-electron chi connectivity index (χ3n) is 8.08. The molecule has 0 heterocycles. The Bertz CT molecular complexity index is 2160. The van der Waals surface area contributed by atoms with Crippen LogP contribution >= 0.6 is 0 Å². The van der Waals surface area contributed by atoms with Crippen molar-refractivity contribution in [2.24, 2.45) is 0 Å². The van der Waals surface area contributed by atoms with Crippen LogP contribution in [-0.2, 0) is 47.1 Å². The van der Waals surface area contributed by atoms with Crippen LogP contribution in [0.15, 0.2) is 88.7 Å². The first-order valence-electron chi connectivity index (χ1n) is 16.6. The first-order chi connectivity index (χ1) is 24.3. The summed E-state index contributed by atoms with van der Waals surface area (Å²) in [7, 11) is -8.26. The number of para-hydroxylation sites is 1. The van der Waals surface area contributed by atoms with Crippen molar-refractivity contribution in [1.82, 2.24) is 0 Å². The molecular formula is C38H43FN2O9S2.